The summed E-state index contributed by atoms with van der Waals surface area (Å²) < 4.78 is 0. The van der Waals surface area contributed by atoms with Gasteiger partial charge in [0, 0.05) is 30.5 Å². The summed E-state index contributed by atoms with van der Waals surface area (Å²) in [5, 5.41) is 3.27. The van der Waals surface area contributed by atoms with Crippen molar-refractivity contribution in [3.8, 4) is 11.3 Å². The summed E-state index contributed by atoms with van der Waals surface area (Å²) in [7, 11) is 0. The van der Waals surface area contributed by atoms with Crippen molar-refractivity contribution in [3.63, 3.8) is 0 Å². The number of hydrogen-bond donors (Lipinski definition) is 1. The van der Waals surface area contributed by atoms with Gasteiger partial charge in [-0.3, -0.25) is 0 Å². The van der Waals surface area contributed by atoms with E-state index in [1.807, 2.05) is 30.6 Å². The van der Waals surface area contributed by atoms with Crippen LogP contribution in [0.25, 0.3) is 11.3 Å². The van der Waals surface area contributed by atoms with E-state index in [9.17, 15) is 0 Å². The number of thioether (sulfide) groups is 1. The monoisotopic (exact) mass is 315 g/mol. The number of anilines is 2. The SMILES string of the molecule is CSCNc1cccc(-c2cnc(N3CCC[C@H]3C)nc2)n1. The Hall–Kier alpha value is -1.82. The molecule has 1 saturated heterocycles. The first-order valence-electron chi connectivity index (χ1n) is 7.57. The Morgan fingerprint density at radius 3 is 2.82 bits per heavy atom. The van der Waals surface area contributed by atoms with Crippen LogP contribution in [-0.2, 0) is 0 Å². The molecule has 6 heteroatoms. The summed E-state index contributed by atoms with van der Waals surface area (Å²) in [5.74, 6) is 2.55. The third-order valence-electron chi connectivity index (χ3n) is 3.89. The van der Waals surface area contributed by atoms with Crippen LogP contribution in [0.4, 0.5) is 11.8 Å². The molecule has 0 amide bonds. The topological polar surface area (TPSA) is 53.9 Å². The average molecular weight is 315 g/mol. The molecule has 3 heterocycles. The van der Waals surface area contributed by atoms with E-state index < -0.39 is 0 Å². The predicted octanol–water partition coefficient (Wildman–Crippen LogP) is 3.26. The lowest BCUT2D eigenvalue weighted by Crippen LogP contribution is -2.28. The highest BCUT2D eigenvalue weighted by molar-refractivity contribution is 7.98. The normalized spacial score (nSPS) is 17.7. The third kappa shape index (κ3) is 3.32. The Morgan fingerprint density at radius 1 is 1.32 bits per heavy atom. The number of hydrogen-bond acceptors (Lipinski definition) is 6. The maximum absolute atomic E-state index is 4.60. The second kappa shape index (κ2) is 6.96. The minimum absolute atomic E-state index is 0.531. The van der Waals surface area contributed by atoms with Crippen molar-refractivity contribution in [1.29, 1.82) is 0 Å². The molecule has 22 heavy (non-hydrogen) atoms. The van der Waals surface area contributed by atoms with E-state index in [0.29, 0.717) is 6.04 Å². The van der Waals surface area contributed by atoms with Gasteiger partial charge >= 0.3 is 0 Å². The highest BCUT2D eigenvalue weighted by atomic mass is 32.2. The van der Waals surface area contributed by atoms with Crippen LogP contribution in [-0.4, -0.2) is 39.7 Å². The molecule has 1 atom stereocenters. The van der Waals surface area contributed by atoms with Crippen molar-refractivity contribution >= 4 is 23.5 Å². The van der Waals surface area contributed by atoms with Crippen LogP contribution in [0.2, 0.25) is 0 Å². The number of nitrogens with zero attached hydrogens (tertiary/aromatic N) is 4. The van der Waals surface area contributed by atoms with Crippen LogP contribution in [0.1, 0.15) is 19.8 Å². The van der Waals surface area contributed by atoms with E-state index in [4.69, 9.17) is 0 Å². The van der Waals surface area contributed by atoms with E-state index in [0.717, 1.165) is 35.4 Å². The van der Waals surface area contributed by atoms with E-state index in [1.165, 1.54) is 12.8 Å². The Labute approximate surface area is 135 Å². The summed E-state index contributed by atoms with van der Waals surface area (Å²) >= 11 is 1.73. The summed E-state index contributed by atoms with van der Waals surface area (Å²) in [6, 6.07) is 6.49. The Morgan fingerprint density at radius 2 is 2.14 bits per heavy atom. The highest BCUT2D eigenvalue weighted by Crippen LogP contribution is 2.23. The van der Waals surface area contributed by atoms with Gasteiger partial charge in [0.25, 0.3) is 0 Å². The molecule has 5 nitrogen and oxygen atoms in total. The largest absolute Gasteiger partial charge is 0.361 e. The number of aromatic nitrogens is 3. The first-order chi connectivity index (χ1) is 10.8. The van der Waals surface area contributed by atoms with Gasteiger partial charge in [-0.15, -0.1) is 11.8 Å². The van der Waals surface area contributed by atoms with Crippen LogP contribution < -0.4 is 10.2 Å². The summed E-state index contributed by atoms with van der Waals surface area (Å²) in [6.07, 6.45) is 8.23. The fraction of sp³-hybridized carbons (Fsp3) is 0.438. The molecule has 1 aliphatic rings. The molecule has 0 aromatic carbocycles. The van der Waals surface area contributed by atoms with Crippen LogP contribution in [0, 0.1) is 0 Å². The number of pyridine rings is 1. The molecule has 0 aliphatic carbocycles. The van der Waals surface area contributed by atoms with Crippen LogP contribution >= 0.6 is 11.8 Å². The Kier molecular flexibility index (Phi) is 4.77. The lowest BCUT2D eigenvalue weighted by molar-refractivity contribution is 0.717. The zero-order chi connectivity index (χ0) is 15.4. The van der Waals surface area contributed by atoms with Gasteiger partial charge in [-0.05, 0) is 38.2 Å². The van der Waals surface area contributed by atoms with E-state index >= 15 is 0 Å². The first-order valence-corrected chi connectivity index (χ1v) is 8.96. The fourth-order valence-electron chi connectivity index (χ4n) is 2.67. The van der Waals surface area contributed by atoms with Crippen molar-refractivity contribution in [2.45, 2.75) is 25.8 Å². The molecule has 0 bridgehead atoms. The van der Waals surface area contributed by atoms with Crippen molar-refractivity contribution in [2.24, 2.45) is 0 Å². The fourth-order valence-corrected chi connectivity index (χ4v) is 2.96. The lowest BCUT2D eigenvalue weighted by Gasteiger charge is -2.20. The summed E-state index contributed by atoms with van der Waals surface area (Å²) in [6.45, 7) is 3.28. The molecule has 2 aromatic rings. The Bertz CT molecular complexity index is 616. The summed E-state index contributed by atoms with van der Waals surface area (Å²) in [5.41, 5.74) is 1.84. The number of rotatable bonds is 5. The van der Waals surface area contributed by atoms with Crippen LogP contribution in [0.15, 0.2) is 30.6 Å². The van der Waals surface area contributed by atoms with Gasteiger partial charge in [0.05, 0.1) is 11.6 Å². The molecule has 2 aromatic heterocycles. The molecule has 0 saturated carbocycles. The van der Waals surface area contributed by atoms with Crippen molar-refractivity contribution in [2.75, 3.05) is 28.9 Å². The predicted molar refractivity (Wildman–Crippen MR) is 93.3 cm³/mol. The first kappa shape index (κ1) is 15.1. The second-order valence-electron chi connectivity index (χ2n) is 5.47. The molecular formula is C16H21N5S. The average Bonchev–Trinajstić information content (AvgIpc) is 2.99. The zero-order valence-electron chi connectivity index (χ0n) is 13.0. The van der Waals surface area contributed by atoms with Crippen molar-refractivity contribution in [3.05, 3.63) is 30.6 Å². The highest BCUT2D eigenvalue weighted by Gasteiger charge is 2.22. The second-order valence-corrected chi connectivity index (χ2v) is 6.34. The van der Waals surface area contributed by atoms with Gasteiger partial charge in [0.1, 0.15) is 5.82 Å². The van der Waals surface area contributed by atoms with Gasteiger partial charge in [0.2, 0.25) is 5.95 Å². The minimum atomic E-state index is 0.531. The van der Waals surface area contributed by atoms with E-state index in [-0.39, 0.29) is 0 Å². The minimum Gasteiger partial charge on any atom is -0.361 e. The maximum atomic E-state index is 4.60. The smallest absolute Gasteiger partial charge is 0.225 e. The molecule has 0 radical (unpaired) electrons. The van der Waals surface area contributed by atoms with Gasteiger partial charge in [-0.1, -0.05) is 6.07 Å². The van der Waals surface area contributed by atoms with E-state index in [1.54, 1.807) is 11.8 Å². The molecule has 116 valence electrons. The lowest BCUT2D eigenvalue weighted by atomic mass is 10.2. The van der Waals surface area contributed by atoms with Crippen molar-refractivity contribution < 1.29 is 0 Å². The molecular weight excluding hydrogens is 294 g/mol. The van der Waals surface area contributed by atoms with Crippen LogP contribution in [0.3, 0.4) is 0 Å². The van der Waals surface area contributed by atoms with Crippen LogP contribution in [0.5, 0.6) is 0 Å². The molecule has 1 aliphatic heterocycles. The molecule has 0 spiro atoms. The molecule has 1 N–H and O–H groups in total. The molecule has 1 fully saturated rings. The molecule has 3 rings (SSSR count). The van der Waals surface area contributed by atoms with Gasteiger partial charge in [-0.25, -0.2) is 15.0 Å². The standard InChI is InChI=1S/C16H21N5S/c1-12-5-4-8-21(12)16-17-9-13(10-18-16)14-6-3-7-15(20-14)19-11-22-2/h3,6-7,9-10,12H,4-5,8,11H2,1-2H3,(H,19,20)/t12-/m1/s1. The maximum Gasteiger partial charge on any atom is 0.225 e. The van der Waals surface area contributed by atoms with Gasteiger partial charge in [0.15, 0.2) is 0 Å². The van der Waals surface area contributed by atoms with Gasteiger partial charge < -0.3 is 10.2 Å². The third-order valence-corrected chi connectivity index (χ3v) is 4.32. The Balaban J connectivity index is 1.77. The van der Waals surface area contributed by atoms with Crippen molar-refractivity contribution in [1.82, 2.24) is 15.0 Å². The molecule has 0 unspecified atom stereocenters. The quantitative estimate of drug-likeness (QED) is 0.855. The number of nitrogens with one attached hydrogen (secondary N) is 1. The zero-order valence-corrected chi connectivity index (χ0v) is 13.8. The van der Waals surface area contributed by atoms with E-state index in [2.05, 4.69) is 38.3 Å². The summed E-state index contributed by atoms with van der Waals surface area (Å²) in [4.78, 5) is 15.9. The van der Waals surface area contributed by atoms with Gasteiger partial charge in [-0.2, -0.15) is 0 Å².